The quantitative estimate of drug-likeness (QED) is 0.0266. The minimum Gasteiger partial charge on any atom is -0.462 e. The van der Waals surface area contributed by atoms with Gasteiger partial charge in [0.15, 0.2) is 12.4 Å². The first kappa shape index (κ1) is 54.5. The largest absolute Gasteiger partial charge is 0.462 e. The van der Waals surface area contributed by atoms with Gasteiger partial charge in [0.2, 0.25) is 0 Å². The molecule has 0 aromatic heterocycles. The molecule has 58 heavy (non-hydrogen) atoms. The van der Waals surface area contributed by atoms with E-state index in [2.05, 4.69) is 26.0 Å². The van der Waals surface area contributed by atoms with Gasteiger partial charge in [0.25, 0.3) is 0 Å². The average Bonchev–Trinajstić information content (AvgIpc) is 3.22. The van der Waals surface area contributed by atoms with Crippen molar-refractivity contribution in [3.05, 3.63) is 12.2 Å². The van der Waals surface area contributed by atoms with Crippen molar-refractivity contribution in [1.82, 2.24) is 0 Å². The summed E-state index contributed by atoms with van der Waals surface area (Å²) in [5, 5.41) is 40.1. The van der Waals surface area contributed by atoms with Crippen LogP contribution in [-0.2, 0) is 28.5 Å². The van der Waals surface area contributed by atoms with Crippen molar-refractivity contribution in [3.63, 3.8) is 0 Å². The summed E-state index contributed by atoms with van der Waals surface area (Å²) in [4.78, 5) is 25.4. The molecular weight excluding hydrogens is 737 g/mol. The molecule has 1 aliphatic rings. The summed E-state index contributed by atoms with van der Waals surface area (Å²) in [5.41, 5.74) is 0. The molecule has 0 aliphatic carbocycles. The number of esters is 2. The first-order valence-corrected chi connectivity index (χ1v) is 24.3. The number of hydrogen-bond acceptors (Lipinski definition) is 10. The minimum atomic E-state index is -1.59. The zero-order valence-electron chi connectivity index (χ0n) is 37.3. The predicted octanol–water partition coefficient (Wildman–Crippen LogP) is 10.7. The SMILES string of the molecule is CCCCCC/C=C/CCCCCCCCCC(=O)OC[C@H](CO[C@@H]1O[C@H](CO)[C@H](O)C(O)C1O)OC(=O)CCCCCCCCCCCCCCCCCCCC. The smallest absolute Gasteiger partial charge is 0.306 e. The lowest BCUT2D eigenvalue weighted by Crippen LogP contribution is -2.59. The number of hydrogen-bond donors (Lipinski definition) is 4. The van der Waals surface area contributed by atoms with E-state index < -0.39 is 49.4 Å². The molecule has 10 heteroatoms. The summed E-state index contributed by atoms with van der Waals surface area (Å²) in [6, 6.07) is 0. The Kier molecular flexibility index (Phi) is 37.2. The van der Waals surface area contributed by atoms with Crippen LogP contribution >= 0.6 is 0 Å². The van der Waals surface area contributed by atoms with Crippen LogP contribution in [0.4, 0.5) is 0 Å². The Bertz CT molecular complexity index is 959. The molecule has 0 spiro atoms. The van der Waals surface area contributed by atoms with E-state index in [1.54, 1.807) is 0 Å². The van der Waals surface area contributed by atoms with E-state index in [0.29, 0.717) is 6.42 Å². The van der Waals surface area contributed by atoms with E-state index in [1.807, 2.05) is 0 Å². The third-order valence-corrected chi connectivity index (χ3v) is 11.4. The maximum atomic E-state index is 12.8. The summed E-state index contributed by atoms with van der Waals surface area (Å²) in [5.74, 6) is -0.799. The molecule has 1 fully saturated rings. The number of allylic oxidation sites excluding steroid dienone is 2. The molecule has 1 aliphatic heterocycles. The van der Waals surface area contributed by atoms with Gasteiger partial charge in [-0.25, -0.2) is 0 Å². The van der Waals surface area contributed by atoms with Crippen molar-refractivity contribution >= 4 is 11.9 Å². The van der Waals surface area contributed by atoms with Gasteiger partial charge in [-0.15, -0.1) is 0 Å². The van der Waals surface area contributed by atoms with Crippen molar-refractivity contribution < 1.29 is 49.0 Å². The molecule has 1 heterocycles. The second-order valence-electron chi connectivity index (χ2n) is 16.9. The van der Waals surface area contributed by atoms with Gasteiger partial charge in [0.05, 0.1) is 13.2 Å². The van der Waals surface area contributed by atoms with Crippen molar-refractivity contribution in [1.29, 1.82) is 0 Å². The summed E-state index contributed by atoms with van der Waals surface area (Å²) >= 11 is 0. The molecular formula is C48H90O10. The first-order valence-electron chi connectivity index (χ1n) is 24.3. The third-order valence-electron chi connectivity index (χ3n) is 11.4. The van der Waals surface area contributed by atoms with Gasteiger partial charge in [-0.1, -0.05) is 187 Å². The fraction of sp³-hybridized carbons (Fsp3) is 0.917. The van der Waals surface area contributed by atoms with Crippen molar-refractivity contribution in [2.45, 2.75) is 263 Å². The van der Waals surface area contributed by atoms with E-state index >= 15 is 0 Å². The van der Waals surface area contributed by atoms with Crippen LogP contribution in [0.1, 0.15) is 226 Å². The molecule has 2 unspecified atom stereocenters. The number of unbranched alkanes of at least 4 members (excludes halogenated alkanes) is 28. The Labute approximate surface area is 354 Å². The molecule has 10 nitrogen and oxygen atoms in total. The average molecular weight is 827 g/mol. The van der Waals surface area contributed by atoms with Crippen LogP contribution in [0.15, 0.2) is 12.2 Å². The lowest BCUT2D eigenvalue weighted by Gasteiger charge is -2.39. The standard InChI is InChI=1S/C48H90O10/c1-3-5-7-9-11-13-15-17-19-20-21-23-25-27-29-31-33-35-37-44(51)57-41(40-56-48-47(54)46(53)45(52)42(38-49)58-48)39-55-43(50)36-34-32-30-28-26-24-22-18-16-14-12-10-8-6-4-2/h14,16,41-42,45-49,52-54H,3-13,15,17-40H2,1-2H3/b16-14+/t41-,42-,45+,46?,47?,48-/m1/s1. The topological polar surface area (TPSA) is 152 Å². The maximum absolute atomic E-state index is 12.8. The Morgan fingerprint density at radius 1 is 0.517 bits per heavy atom. The lowest BCUT2D eigenvalue weighted by atomic mass is 9.99. The molecule has 0 aromatic carbocycles. The Hall–Kier alpha value is -1.56. The van der Waals surface area contributed by atoms with Gasteiger partial charge >= 0.3 is 11.9 Å². The molecule has 1 rings (SSSR count). The van der Waals surface area contributed by atoms with Gasteiger partial charge in [-0.05, 0) is 38.5 Å². The molecule has 4 N–H and O–H groups in total. The van der Waals surface area contributed by atoms with Crippen LogP contribution in [0.2, 0.25) is 0 Å². The summed E-state index contributed by atoms with van der Waals surface area (Å²) in [7, 11) is 0. The number of ether oxygens (including phenoxy) is 4. The molecule has 0 saturated carbocycles. The second-order valence-corrected chi connectivity index (χ2v) is 16.9. The highest BCUT2D eigenvalue weighted by Gasteiger charge is 2.44. The normalized spacial score (nSPS) is 20.1. The Morgan fingerprint density at radius 3 is 1.36 bits per heavy atom. The zero-order chi connectivity index (χ0) is 42.3. The fourth-order valence-corrected chi connectivity index (χ4v) is 7.54. The van der Waals surface area contributed by atoms with Gasteiger partial charge in [-0.3, -0.25) is 9.59 Å². The Morgan fingerprint density at radius 2 is 0.914 bits per heavy atom. The fourth-order valence-electron chi connectivity index (χ4n) is 7.54. The summed E-state index contributed by atoms with van der Waals surface area (Å²) in [6.45, 7) is 3.44. The van der Waals surface area contributed by atoms with Crippen molar-refractivity contribution in [2.24, 2.45) is 0 Å². The molecule has 0 bridgehead atoms. The van der Waals surface area contributed by atoms with Gasteiger partial charge in [-0.2, -0.15) is 0 Å². The van der Waals surface area contributed by atoms with Crippen molar-refractivity contribution in [3.8, 4) is 0 Å². The highest BCUT2D eigenvalue weighted by Crippen LogP contribution is 2.23. The van der Waals surface area contributed by atoms with E-state index in [1.165, 1.54) is 141 Å². The lowest BCUT2D eigenvalue weighted by molar-refractivity contribution is -0.305. The zero-order valence-corrected chi connectivity index (χ0v) is 37.3. The monoisotopic (exact) mass is 827 g/mol. The van der Waals surface area contributed by atoms with Crippen molar-refractivity contribution in [2.75, 3.05) is 19.8 Å². The molecule has 0 aromatic rings. The third kappa shape index (κ3) is 30.5. The highest BCUT2D eigenvalue weighted by atomic mass is 16.7. The number of carbonyl (C=O) groups excluding carboxylic acids is 2. The van der Waals surface area contributed by atoms with Gasteiger partial charge in [0.1, 0.15) is 31.0 Å². The van der Waals surface area contributed by atoms with E-state index in [4.69, 9.17) is 18.9 Å². The molecule has 1 saturated heterocycles. The van der Waals surface area contributed by atoms with E-state index in [0.717, 1.165) is 51.4 Å². The van der Waals surface area contributed by atoms with Crippen LogP contribution < -0.4 is 0 Å². The van der Waals surface area contributed by atoms with Gasteiger partial charge < -0.3 is 39.4 Å². The minimum absolute atomic E-state index is 0.214. The van der Waals surface area contributed by atoms with Crippen LogP contribution in [0.5, 0.6) is 0 Å². The molecule has 0 amide bonds. The summed E-state index contributed by atoms with van der Waals surface area (Å²) in [6.07, 6.45) is 35.0. The molecule has 0 radical (unpaired) electrons. The van der Waals surface area contributed by atoms with Gasteiger partial charge in [0, 0.05) is 12.8 Å². The van der Waals surface area contributed by atoms with Crippen LogP contribution in [0.25, 0.3) is 0 Å². The van der Waals surface area contributed by atoms with E-state index in [-0.39, 0.29) is 32.0 Å². The second kappa shape index (κ2) is 39.6. The van der Waals surface area contributed by atoms with Crippen LogP contribution in [0, 0.1) is 0 Å². The number of rotatable bonds is 41. The first-order chi connectivity index (χ1) is 28.3. The number of aliphatic hydroxyl groups is 4. The van der Waals surface area contributed by atoms with E-state index in [9.17, 15) is 30.0 Å². The molecule has 6 atom stereocenters. The maximum Gasteiger partial charge on any atom is 0.306 e. The summed E-state index contributed by atoms with van der Waals surface area (Å²) < 4.78 is 22.2. The van der Waals surface area contributed by atoms with Crippen LogP contribution in [-0.4, -0.2) is 89.0 Å². The highest BCUT2D eigenvalue weighted by molar-refractivity contribution is 5.70. The molecule has 342 valence electrons. The number of aliphatic hydroxyl groups excluding tert-OH is 4. The number of carbonyl (C=O) groups is 2. The van der Waals surface area contributed by atoms with Crippen LogP contribution in [0.3, 0.4) is 0 Å². The predicted molar refractivity (Wildman–Crippen MR) is 233 cm³/mol. The Balaban J connectivity index is 2.28.